The number of nitrogens with zero attached hydrogens (tertiary/aromatic N) is 2. The van der Waals surface area contributed by atoms with Gasteiger partial charge in [0.2, 0.25) is 10.0 Å². The first-order chi connectivity index (χ1) is 13.7. The minimum Gasteiger partial charge on any atom is -0.298 e. The highest BCUT2D eigenvalue weighted by Gasteiger charge is 2.21. The summed E-state index contributed by atoms with van der Waals surface area (Å²) in [4.78, 5) is 17.8. The van der Waals surface area contributed by atoms with E-state index in [0.29, 0.717) is 16.6 Å². The van der Waals surface area contributed by atoms with Gasteiger partial charge in [0.1, 0.15) is 0 Å². The highest BCUT2D eigenvalue weighted by Crippen LogP contribution is 2.27. The van der Waals surface area contributed by atoms with E-state index in [-0.39, 0.29) is 15.5 Å². The van der Waals surface area contributed by atoms with E-state index >= 15 is 0 Å². The smallest absolute Gasteiger partial charge is 0.259 e. The van der Waals surface area contributed by atoms with Gasteiger partial charge in [-0.05, 0) is 29.8 Å². The number of benzene rings is 2. The summed E-state index contributed by atoms with van der Waals surface area (Å²) in [6, 6.07) is 11.5. The Kier molecular flexibility index (Phi) is 6.60. The van der Waals surface area contributed by atoms with Gasteiger partial charge in [-0.25, -0.2) is 17.7 Å². The van der Waals surface area contributed by atoms with Gasteiger partial charge in [0.15, 0.2) is 5.13 Å². The van der Waals surface area contributed by atoms with E-state index in [1.54, 1.807) is 6.20 Å². The number of carbonyl (C=O) groups is 1. The lowest BCUT2D eigenvalue weighted by Crippen LogP contribution is -2.23. The molecule has 1 heterocycles. The molecule has 2 aromatic carbocycles. The van der Waals surface area contributed by atoms with E-state index in [2.05, 4.69) is 10.3 Å². The number of rotatable bonds is 6. The number of halogens is 2. The zero-order chi connectivity index (χ0) is 21.2. The summed E-state index contributed by atoms with van der Waals surface area (Å²) in [6.45, 7) is 0. The van der Waals surface area contributed by atoms with Gasteiger partial charge in [0.05, 0.1) is 15.5 Å². The third-order valence-corrected chi connectivity index (χ3v) is 7.48. The quantitative estimate of drug-likeness (QED) is 0.574. The van der Waals surface area contributed by atoms with Gasteiger partial charge in [0, 0.05) is 36.6 Å². The van der Waals surface area contributed by atoms with Crippen LogP contribution in [-0.2, 0) is 16.4 Å². The van der Waals surface area contributed by atoms with Crippen LogP contribution in [0.3, 0.4) is 0 Å². The average Bonchev–Trinajstić information content (AvgIpc) is 3.10. The highest BCUT2D eigenvalue weighted by atomic mass is 35.5. The summed E-state index contributed by atoms with van der Waals surface area (Å²) in [6.07, 6.45) is 2.25. The maximum absolute atomic E-state index is 12.6. The fourth-order valence-electron chi connectivity index (χ4n) is 2.49. The van der Waals surface area contributed by atoms with Crippen molar-refractivity contribution in [1.82, 2.24) is 9.29 Å². The molecule has 0 atom stereocenters. The summed E-state index contributed by atoms with van der Waals surface area (Å²) in [5.74, 6) is -0.538. The second-order valence-electron chi connectivity index (χ2n) is 6.28. The van der Waals surface area contributed by atoms with Crippen LogP contribution in [0, 0.1) is 0 Å². The Hall–Kier alpha value is -1.97. The monoisotopic (exact) mass is 469 g/mol. The zero-order valence-electron chi connectivity index (χ0n) is 15.5. The molecule has 0 spiro atoms. The van der Waals surface area contributed by atoms with E-state index in [0.717, 1.165) is 14.7 Å². The number of hydrogen-bond donors (Lipinski definition) is 1. The van der Waals surface area contributed by atoms with Crippen molar-refractivity contribution in [3.8, 4) is 0 Å². The van der Waals surface area contributed by atoms with Crippen LogP contribution >= 0.6 is 34.5 Å². The first kappa shape index (κ1) is 21.7. The Bertz CT molecular complexity index is 1160. The molecule has 0 aliphatic rings. The lowest BCUT2D eigenvalue weighted by atomic mass is 10.1. The van der Waals surface area contributed by atoms with Crippen molar-refractivity contribution >= 4 is 55.6 Å². The topological polar surface area (TPSA) is 79.4 Å². The molecule has 29 heavy (non-hydrogen) atoms. The van der Waals surface area contributed by atoms with Crippen molar-refractivity contribution in [3.63, 3.8) is 0 Å². The molecule has 152 valence electrons. The van der Waals surface area contributed by atoms with Crippen LogP contribution in [0.2, 0.25) is 10.0 Å². The maximum atomic E-state index is 12.6. The summed E-state index contributed by atoms with van der Waals surface area (Å²) < 4.78 is 25.7. The van der Waals surface area contributed by atoms with Crippen molar-refractivity contribution < 1.29 is 13.2 Å². The molecule has 10 heteroatoms. The SMILES string of the molecule is CN(C)S(=O)(=O)c1ccc(Cl)c(C(=O)Nc2ncc(Cc3ccccc3Cl)s2)c1. The normalized spacial score (nSPS) is 11.6. The fourth-order valence-corrected chi connectivity index (χ4v) is 4.66. The molecule has 6 nitrogen and oxygen atoms in total. The fraction of sp³-hybridized carbons (Fsp3) is 0.158. The first-order valence-corrected chi connectivity index (χ1v) is 11.4. The summed E-state index contributed by atoms with van der Waals surface area (Å²) in [7, 11) is -0.855. The Morgan fingerprint density at radius 1 is 1.14 bits per heavy atom. The van der Waals surface area contributed by atoms with Gasteiger partial charge in [-0.1, -0.05) is 41.4 Å². The van der Waals surface area contributed by atoms with Crippen LogP contribution in [0.4, 0.5) is 5.13 Å². The summed E-state index contributed by atoms with van der Waals surface area (Å²) in [5, 5.41) is 3.86. The van der Waals surface area contributed by atoms with Crippen LogP contribution in [0.1, 0.15) is 20.8 Å². The van der Waals surface area contributed by atoms with Crippen LogP contribution in [0.25, 0.3) is 0 Å². The van der Waals surface area contributed by atoms with Crippen molar-refractivity contribution in [2.24, 2.45) is 0 Å². The number of carbonyl (C=O) groups excluding carboxylic acids is 1. The second kappa shape index (κ2) is 8.81. The van der Waals surface area contributed by atoms with Crippen molar-refractivity contribution in [1.29, 1.82) is 0 Å². The third kappa shape index (κ3) is 4.96. The van der Waals surface area contributed by atoms with Crippen molar-refractivity contribution in [2.45, 2.75) is 11.3 Å². The van der Waals surface area contributed by atoms with Gasteiger partial charge in [0.25, 0.3) is 5.91 Å². The predicted octanol–water partition coefficient (Wildman–Crippen LogP) is 4.54. The Morgan fingerprint density at radius 2 is 1.86 bits per heavy atom. The van der Waals surface area contributed by atoms with Crippen LogP contribution in [-0.4, -0.2) is 37.7 Å². The van der Waals surface area contributed by atoms with Crippen LogP contribution in [0.5, 0.6) is 0 Å². The van der Waals surface area contributed by atoms with E-state index in [4.69, 9.17) is 23.2 Å². The number of nitrogens with one attached hydrogen (secondary N) is 1. The largest absolute Gasteiger partial charge is 0.298 e. The lowest BCUT2D eigenvalue weighted by molar-refractivity contribution is 0.102. The molecular formula is C19H17Cl2N3O3S2. The Balaban J connectivity index is 1.79. The van der Waals surface area contributed by atoms with Gasteiger partial charge < -0.3 is 0 Å². The number of sulfonamides is 1. The van der Waals surface area contributed by atoms with Crippen LogP contribution in [0.15, 0.2) is 53.6 Å². The van der Waals surface area contributed by atoms with Crippen molar-refractivity contribution in [2.75, 3.05) is 19.4 Å². The number of thiazole rings is 1. The minimum atomic E-state index is -3.69. The minimum absolute atomic E-state index is 0.0180. The van der Waals surface area contributed by atoms with E-state index < -0.39 is 15.9 Å². The first-order valence-electron chi connectivity index (χ1n) is 8.40. The van der Waals surface area contributed by atoms with Gasteiger partial charge in [-0.2, -0.15) is 0 Å². The lowest BCUT2D eigenvalue weighted by Gasteiger charge is -2.13. The predicted molar refractivity (Wildman–Crippen MR) is 117 cm³/mol. The molecule has 0 aliphatic carbocycles. The average molecular weight is 470 g/mol. The number of amides is 1. The second-order valence-corrected chi connectivity index (χ2v) is 10.4. The molecule has 0 fully saturated rings. The Labute approximate surface area is 183 Å². The molecule has 0 bridgehead atoms. The molecule has 0 aliphatic heterocycles. The highest BCUT2D eigenvalue weighted by molar-refractivity contribution is 7.89. The van der Waals surface area contributed by atoms with E-state index in [9.17, 15) is 13.2 Å². The number of anilines is 1. The molecular weight excluding hydrogens is 453 g/mol. The molecule has 0 saturated heterocycles. The van der Waals surface area contributed by atoms with Gasteiger partial charge in [-0.3, -0.25) is 10.1 Å². The van der Waals surface area contributed by atoms with E-state index in [1.165, 1.54) is 43.6 Å². The molecule has 1 amide bonds. The molecule has 0 saturated carbocycles. The summed E-state index contributed by atoms with van der Waals surface area (Å²) >= 11 is 13.6. The van der Waals surface area contributed by atoms with Gasteiger partial charge >= 0.3 is 0 Å². The van der Waals surface area contributed by atoms with Crippen molar-refractivity contribution in [3.05, 3.63) is 74.7 Å². The standard InChI is InChI=1S/C19H17Cl2N3O3S2/c1-24(2)29(26,27)14-7-8-17(21)15(10-14)18(25)23-19-22-11-13(28-19)9-12-5-3-4-6-16(12)20/h3-8,10-11H,9H2,1-2H3,(H,22,23,25). The molecule has 3 rings (SSSR count). The third-order valence-electron chi connectivity index (χ3n) is 4.06. The van der Waals surface area contributed by atoms with Gasteiger partial charge in [-0.15, -0.1) is 11.3 Å². The summed E-state index contributed by atoms with van der Waals surface area (Å²) in [5.41, 5.74) is 1.01. The molecule has 3 aromatic rings. The molecule has 1 aromatic heterocycles. The van der Waals surface area contributed by atoms with E-state index in [1.807, 2.05) is 24.3 Å². The number of hydrogen-bond acceptors (Lipinski definition) is 5. The molecule has 0 radical (unpaired) electrons. The Morgan fingerprint density at radius 3 is 2.55 bits per heavy atom. The zero-order valence-corrected chi connectivity index (χ0v) is 18.7. The number of aromatic nitrogens is 1. The maximum Gasteiger partial charge on any atom is 0.259 e. The van der Waals surface area contributed by atoms with Crippen LogP contribution < -0.4 is 5.32 Å². The molecule has 0 unspecified atom stereocenters. The molecule has 1 N–H and O–H groups in total.